The van der Waals surface area contributed by atoms with Gasteiger partial charge in [-0.05, 0) is 32.6 Å². The fourth-order valence-electron chi connectivity index (χ4n) is 1.56. The lowest BCUT2D eigenvalue weighted by Gasteiger charge is -2.26. The lowest BCUT2D eigenvalue weighted by molar-refractivity contribution is -0.149. The third kappa shape index (κ3) is 2.56. The normalized spacial score (nSPS) is 37.5. The molecule has 0 spiro atoms. The molecule has 0 heterocycles. The van der Waals surface area contributed by atoms with Gasteiger partial charge in [0.05, 0.1) is 11.5 Å². The largest absolute Gasteiger partial charge is 0.481 e. The molecule has 1 rings (SSSR count). The van der Waals surface area contributed by atoms with Crippen LogP contribution in [0.5, 0.6) is 0 Å². The molecule has 74 valence electrons. The first-order chi connectivity index (χ1) is 6.04. The van der Waals surface area contributed by atoms with Crippen LogP contribution in [0.15, 0.2) is 12.2 Å². The van der Waals surface area contributed by atoms with Gasteiger partial charge in [0.25, 0.3) is 0 Å². The van der Waals surface area contributed by atoms with Gasteiger partial charge < -0.3 is 10.2 Å². The minimum Gasteiger partial charge on any atom is -0.481 e. The minimum absolute atomic E-state index is 0.473. The van der Waals surface area contributed by atoms with Gasteiger partial charge in [-0.2, -0.15) is 0 Å². The van der Waals surface area contributed by atoms with Gasteiger partial charge in [0.2, 0.25) is 0 Å². The molecular formula is C10H16O3. The van der Waals surface area contributed by atoms with Crippen LogP contribution in [0.4, 0.5) is 0 Å². The Morgan fingerprint density at radius 2 is 2.23 bits per heavy atom. The maximum atomic E-state index is 10.9. The van der Waals surface area contributed by atoms with E-state index < -0.39 is 17.5 Å². The van der Waals surface area contributed by atoms with Crippen LogP contribution >= 0.6 is 0 Å². The third-order valence-electron chi connectivity index (χ3n) is 2.73. The Hall–Kier alpha value is -0.830. The van der Waals surface area contributed by atoms with Gasteiger partial charge in [-0.25, -0.2) is 0 Å². The van der Waals surface area contributed by atoms with E-state index in [4.69, 9.17) is 5.11 Å². The van der Waals surface area contributed by atoms with Gasteiger partial charge in [0.1, 0.15) is 0 Å². The molecule has 1 aliphatic carbocycles. The zero-order valence-electron chi connectivity index (χ0n) is 7.86. The summed E-state index contributed by atoms with van der Waals surface area (Å²) in [4.78, 5) is 10.9. The van der Waals surface area contributed by atoms with Crippen molar-refractivity contribution in [3.05, 3.63) is 12.2 Å². The summed E-state index contributed by atoms with van der Waals surface area (Å²) in [5.74, 6) is -0.755. The summed E-state index contributed by atoms with van der Waals surface area (Å²) in [7, 11) is 0. The van der Waals surface area contributed by atoms with E-state index in [2.05, 4.69) is 0 Å². The number of aliphatic hydroxyl groups is 1. The van der Waals surface area contributed by atoms with Crippen molar-refractivity contribution in [2.45, 2.75) is 38.7 Å². The molecule has 0 amide bonds. The van der Waals surface area contributed by atoms with Crippen molar-refractivity contribution in [1.29, 1.82) is 0 Å². The second kappa shape index (κ2) is 3.92. The van der Waals surface area contributed by atoms with E-state index >= 15 is 0 Å². The average molecular weight is 184 g/mol. The first-order valence-electron chi connectivity index (χ1n) is 4.63. The molecule has 0 aromatic rings. The summed E-state index contributed by atoms with van der Waals surface area (Å²) in [6.45, 7) is 1.75. The summed E-state index contributed by atoms with van der Waals surface area (Å²) in [6, 6.07) is 0. The second-order valence-corrected chi connectivity index (χ2v) is 3.94. The molecule has 0 bridgehead atoms. The quantitative estimate of drug-likeness (QED) is 0.608. The topological polar surface area (TPSA) is 57.5 Å². The molecule has 3 nitrogen and oxygen atoms in total. The number of aliphatic carboxylic acids is 1. The highest BCUT2D eigenvalue weighted by molar-refractivity contribution is 5.74. The smallest absolute Gasteiger partial charge is 0.309 e. The van der Waals surface area contributed by atoms with E-state index in [-0.39, 0.29) is 0 Å². The molecule has 0 saturated heterocycles. The molecule has 0 aliphatic heterocycles. The van der Waals surface area contributed by atoms with Crippen LogP contribution in [-0.2, 0) is 4.79 Å². The van der Waals surface area contributed by atoms with E-state index in [1.54, 1.807) is 13.0 Å². The van der Waals surface area contributed by atoms with Crippen molar-refractivity contribution in [1.82, 2.24) is 0 Å². The summed E-state index contributed by atoms with van der Waals surface area (Å²) in [5.41, 5.74) is -0.661. The molecule has 0 aromatic heterocycles. The van der Waals surface area contributed by atoms with E-state index in [9.17, 15) is 9.90 Å². The van der Waals surface area contributed by atoms with Crippen LogP contribution in [0.1, 0.15) is 32.6 Å². The number of aliphatic hydroxyl groups excluding tert-OH is 1. The Balaban J connectivity index is 2.68. The SMILES string of the molecule is CC1(C(=O)O)CC/C=C/C(O)CC1. The van der Waals surface area contributed by atoms with Crippen LogP contribution in [-0.4, -0.2) is 22.3 Å². The van der Waals surface area contributed by atoms with Crippen molar-refractivity contribution < 1.29 is 15.0 Å². The molecule has 0 aromatic carbocycles. The van der Waals surface area contributed by atoms with Crippen LogP contribution in [0, 0.1) is 5.41 Å². The maximum absolute atomic E-state index is 10.9. The zero-order valence-corrected chi connectivity index (χ0v) is 7.86. The number of hydrogen-bond acceptors (Lipinski definition) is 2. The molecule has 1 aliphatic rings. The Kier molecular flexibility index (Phi) is 3.09. The van der Waals surface area contributed by atoms with E-state index in [1.165, 1.54) is 0 Å². The molecule has 13 heavy (non-hydrogen) atoms. The lowest BCUT2D eigenvalue weighted by atomic mass is 9.79. The van der Waals surface area contributed by atoms with Gasteiger partial charge in [0, 0.05) is 0 Å². The van der Waals surface area contributed by atoms with Gasteiger partial charge in [-0.1, -0.05) is 12.2 Å². The van der Waals surface area contributed by atoms with Crippen molar-refractivity contribution >= 4 is 5.97 Å². The number of allylic oxidation sites excluding steroid dienone is 1. The van der Waals surface area contributed by atoms with E-state index in [1.807, 2.05) is 6.08 Å². The predicted molar refractivity (Wildman–Crippen MR) is 49.4 cm³/mol. The number of carboxylic acid groups (broad SMARTS) is 1. The van der Waals surface area contributed by atoms with Gasteiger partial charge in [0.15, 0.2) is 0 Å². The number of carboxylic acids is 1. The molecule has 0 fully saturated rings. The van der Waals surface area contributed by atoms with Crippen molar-refractivity contribution in [3.8, 4) is 0 Å². The van der Waals surface area contributed by atoms with Crippen LogP contribution in [0.25, 0.3) is 0 Å². The minimum atomic E-state index is -0.755. The van der Waals surface area contributed by atoms with Gasteiger partial charge in [-0.15, -0.1) is 0 Å². The maximum Gasteiger partial charge on any atom is 0.309 e. The predicted octanol–water partition coefficient (Wildman–Crippen LogP) is 1.57. The highest BCUT2D eigenvalue weighted by Gasteiger charge is 2.32. The summed E-state index contributed by atoms with van der Waals surface area (Å²) >= 11 is 0. The fourth-order valence-corrected chi connectivity index (χ4v) is 1.56. The highest BCUT2D eigenvalue weighted by Crippen LogP contribution is 2.31. The van der Waals surface area contributed by atoms with Crippen molar-refractivity contribution in [2.24, 2.45) is 5.41 Å². The lowest BCUT2D eigenvalue weighted by Crippen LogP contribution is -2.29. The fraction of sp³-hybridized carbons (Fsp3) is 0.700. The summed E-state index contributed by atoms with van der Waals surface area (Å²) in [6.07, 6.45) is 5.63. The second-order valence-electron chi connectivity index (χ2n) is 3.94. The van der Waals surface area contributed by atoms with E-state index in [0.29, 0.717) is 19.3 Å². The summed E-state index contributed by atoms with van der Waals surface area (Å²) < 4.78 is 0. The molecule has 3 heteroatoms. The molecule has 0 saturated carbocycles. The number of carbonyl (C=O) groups is 1. The monoisotopic (exact) mass is 184 g/mol. The zero-order chi connectivity index (χ0) is 9.90. The summed E-state index contributed by atoms with van der Waals surface area (Å²) in [5, 5.41) is 18.3. The van der Waals surface area contributed by atoms with Gasteiger partial charge >= 0.3 is 5.97 Å². The first-order valence-corrected chi connectivity index (χ1v) is 4.63. The number of hydrogen-bond donors (Lipinski definition) is 2. The third-order valence-corrected chi connectivity index (χ3v) is 2.73. The van der Waals surface area contributed by atoms with Crippen molar-refractivity contribution in [2.75, 3.05) is 0 Å². The van der Waals surface area contributed by atoms with E-state index in [0.717, 1.165) is 6.42 Å². The van der Waals surface area contributed by atoms with Crippen molar-refractivity contribution in [3.63, 3.8) is 0 Å². The van der Waals surface area contributed by atoms with Crippen LogP contribution in [0.3, 0.4) is 0 Å². The van der Waals surface area contributed by atoms with Crippen LogP contribution in [0.2, 0.25) is 0 Å². The molecule has 2 N–H and O–H groups in total. The highest BCUT2D eigenvalue weighted by atomic mass is 16.4. The Labute approximate surface area is 78.1 Å². The Morgan fingerprint density at radius 3 is 2.85 bits per heavy atom. The molecular weight excluding hydrogens is 168 g/mol. The average Bonchev–Trinajstić information content (AvgIpc) is 2.06. The Bertz CT molecular complexity index is 222. The Morgan fingerprint density at radius 1 is 1.54 bits per heavy atom. The molecule has 0 radical (unpaired) electrons. The molecule has 2 atom stereocenters. The molecule has 2 unspecified atom stereocenters. The first kappa shape index (κ1) is 10.3. The van der Waals surface area contributed by atoms with Crippen LogP contribution < -0.4 is 0 Å². The standard InChI is InChI=1S/C10H16O3/c1-10(9(12)13)6-3-2-4-8(11)5-7-10/h2,4,8,11H,3,5-7H2,1H3,(H,12,13)/b4-2+. The number of rotatable bonds is 1. The van der Waals surface area contributed by atoms with Gasteiger partial charge in [-0.3, -0.25) is 4.79 Å².